The monoisotopic (exact) mass is 296 g/mol. The molecule has 0 aromatic heterocycles. The molecule has 0 heterocycles. The molecule has 0 saturated carbocycles. The predicted octanol–water partition coefficient (Wildman–Crippen LogP) is 3.47. The first kappa shape index (κ1) is 13.0. The van der Waals surface area contributed by atoms with Crippen LogP contribution in [0.3, 0.4) is 0 Å². The standard InChI is InChI=1S/C10H8BrF3O2/c1-6-4-7(8(15)5-11)2-3-9(6)16-10(12,13)14/h2-4H,5H2,1H3. The number of carbonyl (C=O) groups excluding carboxylic acids is 1. The summed E-state index contributed by atoms with van der Waals surface area (Å²) in [7, 11) is 0. The first-order valence-electron chi connectivity index (χ1n) is 4.29. The molecule has 1 aromatic carbocycles. The molecule has 16 heavy (non-hydrogen) atoms. The maximum atomic E-state index is 11.9. The van der Waals surface area contributed by atoms with Gasteiger partial charge < -0.3 is 4.74 Å². The minimum Gasteiger partial charge on any atom is -0.406 e. The molecular weight excluding hydrogens is 289 g/mol. The molecule has 0 unspecified atom stereocenters. The van der Waals surface area contributed by atoms with Crippen LogP contribution in [0.1, 0.15) is 15.9 Å². The fourth-order valence-corrected chi connectivity index (χ4v) is 1.46. The van der Waals surface area contributed by atoms with E-state index in [1.165, 1.54) is 19.1 Å². The maximum absolute atomic E-state index is 11.9. The molecule has 2 nitrogen and oxygen atoms in total. The van der Waals surface area contributed by atoms with Gasteiger partial charge in [0, 0.05) is 5.56 Å². The molecule has 0 bridgehead atoms. The number of alkyl halides is 4. The average Bonchev–Trinajstić information content (AvgIpc) is 2.18. The van der Waals surface area contributed by atoms with Gasteiger partial charge in [-0.25, -0.2) is 0 Å². The van der Waals surface area contributed by atoms with Gasteiger partial charge in [0.1, 0.15) is 5.75 Å². The Bertz CT molecular complexity index is 402. The van der Waals surface area contributed by atoms with Gasteiger partial charge in [-0.15, -0.1) is 13.2 Å². The first-order valence-corrected chi connectivity index (χ1v) is 5.41. The van der Waals surface area contributed by atoms with Crippen LogP contribution in [0.15, 0.2) is 18.2 Å². The lowest BCUT2D eigenvalue weighted by Gasteiger charge is -2.11. The molecule has 1 aromatic rings. The van der Waals surface area contributed by atoms with Crippen molar-refractivity contribution < 1.29 is 22.7 Å². The molecule has 1 rings (SSSR count). The zero-order valence-electron chi connectivity index (χ0n) is 8.27. The molecule has 0 N–H and O–H groups in total. The SMILES string of the molecule is Cc1cc(C(=O)CBr)ccc1OC(F)(F)F. The van der Waals surface area contributed by atoms with Crippen molar-refractivity contribution in [2.75, 3.05) is 5.33 Å². The summed E-state index contributed by atoms with van der Waals surface area (Å²) in [6.45, 7) is 1.45. The summed E-state index contributed by atoms with van der Waals surface area (Å²) < 4.78 is 39.6. The third-order valence-corrected chi connectivity index (χ3v) is 2.35. The molecule has 0 radical (unpaired) electrons. The van der Waals surface area contributed by atoms with Crippen molar-refractivity contribution in [3.05, 3.63) is 29.3 Å². The molecular formula is C10H8BrF3O2. The van der Waals surface area contributed by atoms with Crippen molar-refractivity contribution in [1.29, 1.82) is 0 Å². The Hall–Kier alpha value is -1.04. The summed E-state index contributed by atoms with van der Waals surface area (Å²) in [6, 6.07) is 3.81. The number of aryl methyl sites for hydroxylation is 1. The molecule has 0 fully saturated rings. The van der Waals surface area contributed by atoms with Crippen molar-refractivity contribution in [3.63, 3.8) is 0 Å². The average molecular weight is 297 g/mol. The third kappa shape index (κ3) is 3.52. The van der Waals surface area contributed by atoms with Gasteiger partial charge in [-0.2, -0.15) is 0 Å². The van der Waals surface area contributed by atoms with Crippen LogP contribution in [0.2, 0.25) is 0 Å². The van der Waals surface area contributed by atoms with Crippen LogP contribution < -0.4 is 4.74 Å². The van der Waals surface area contributed by atoms with Crippen molar-refractivity contribution in [1.82, 2.24) is 0 Å². The van der Waals surface area contributed by atoms with Crippen LogP contribution >= 0.6 is 15.9 Å². The number of hydrogen-bond donors (Lipinski definition) is 0. The van der Waals surface area contributed by atoms with Crippen LogP contribution in [0.25, 0.3) is 0 Å². The zero-order valence-corrected chi connectivity index (χ0v) is 9.85. The molecule has 6 heteroatoms. The maximum Gasteiger partial charge on any atom is 0.573 e. The second-order valence-electron chi connectivity index (χ2n) is 3.08. The van der Waals surface area contributed by atoms with Crippen molar-refractivity contribution in [2.24, 2.45) is 0 Å². The van der Waals surface area contributed by atoms with E-state index >= 15 is 0 Å². The number of carbonyl (C=O) groups is 1. The van der Waals surface area contributed by atoms with E-state index < -0.39 is 6.36 Å². The van der Waals surface area contributed by atoms with Crippen molar-refractivity contribution in [3.8, 4) is 5.75 Å². The number of rotatable bonds is 3. The van der Waals surface area contributed by atoms with E-state index in [2.05, 4.69) is 20.7 Å². The van der Waals surface area contributed by atoms with E-state index in [4.69, 9.17) is 0 Å². The van der Waals surface area contributed by atoms with E-state index in [0.717, 1.165) is 6.07 Å². The highest BCUT2D eigenvalue weighted by molar-refractivity contribution is 9.09. The highest BCUT2D eigenvalue weighted by Crippen LogP contribution is 2.26. The second-order valence-corrected chi connectivity index (χ2v) is 3.65. The molecule has 0 aliphatic rings. The number of benzene rings is 1. The van der Waals surface area contributed by atoms with E-state index in [1.807, 2.05) is 0 Å². The van der Waals surface area contributed by atoms with Crippen LogP contribution in [-0.2, 0) is 0 Å². The predicted molar refractivity (Wildman–Crippen MR) is 56.0 cm³/mol. The van der Waals surface area contributed by atoms with E-state index in [-0.39, 0.29) is 22.4 Å². The van der Waals surface area contributed by atoms with Crippen LogP contribution in [-0.4, -0.2) is 17.5 Å². The minimum atomic E-state index is -4.72. The Kier molecular flexibility index (Phi) is 3.96. The van der Waals surface area contributed by atoms with Gasteiger partial charge in [0.25, 0.3) is 0 Å². The summed E-state index contributed by atoms with van der Waals surface area (Å²) in [5.74, 6) is -0.486. The summed E-state index contributed by atoms with van der Waals surface area (Å²) in [5, 5.41) is 0.131. The lowest BCUT2D eigenvalue weighted by atomic mass is 10.1. The number of halogens is 4. The summed E-state index contributed by atoms with van der Waals surface area (Å²) in [6.07, 6.45) is -4.72. The third-order valence-electron chi connectivity index (χ3n) is 1.84. The molecule has 0 aliphatic heterocycles. The van der Waals surface area contributed by atoms with Crippen molar-refractivity contribution >= 4 is 21.7 Å². The van der Waals surface area contributed by atoms with Gasteiger partial charge in [0.15, 0.2) is 5.78 Å². The molecule has 0 saturated heterocycles. The Morgan fingerprint density at radius 3 is 2.50 bits per heavy atom. The Morgan fingerprint density at radius 2 is 2.06 bits per heavy atom. The number of ether oxygens (including phenoxy) is 1. The van der Waals surface area contributed by atoms with Gasteiger partial charge in [-0.05, 0) is 30.7 Å². The fraction of sp³-hybridized carbons (Fsp3) is 0.300. The Labute approximate surface area is 98.5 Å². The first-order chi connectivity index (χ1) is 7.33. The largest absolute Gasteiger partial charge is 0.573 e. The smallest absolute Gasteiger partial charge is 0.406 e. The van der Waals surface area contributed by atoms with Crippen molar-refractivity contribution in [2.45, 2.75) is 13.3 Å². The van der Waals surface area contributed by atoms with E-state index in [1.54, 1.807) is 0 Å². The molecule has 88 valence electrons. The summed E-state index contributed by atoms with van der Waals surface area (Å²) in [4.78, 5) is 11.3. The lowest BCUT2D eigenvalue weighted by molar-refractivity contribution is -0.274. The minimum absolute atomic E-state index is 0.131. The van der Waals surface area contributed by atoms with Crippen LogP contribution in [0.4, 0.5) is 13.2 Å². The highest BCUT2D eigenvalue weighted by atomic mass is 79.9. The fourth-order valence-electron chi connectivity index (χ4n) is 1.14. The molecule has 0 amide bonds. The lowest BCUT2D eigenvalue weighted by Crippen LogP contribution is -2.18. The van der Waals surface area contributed by atoms with Gasteiger partial charge in [-0.1, -0.05) is 15.9 Å². The van der Waals surface area contributed by atoms with Gasteiger partial charge in [-0.3, -0.25) is 4.79 Å². The van der Waals surface area contributed by atoms with Gasteiger partial charge >= 0.3 is 6.36 Å². The second kappa shape index (κ2) is 4.86. The normalized spacial score (nSPS) is 11.3. The quantitative estimate of drug-likeness (QED) is 0.631. The van der Waals surface area contributed by atoms with Gasteiger partial charge in [0.2, 0.25) is 0 Å². The number of ketones is 1. The Balaban J connectivity index is 2.96. The summed E-state index contributed by atoms with van der Waals surface area (Å²) >= 11 is 2.98. The number of Topliss-reactive ketones (excluding diaryl/α,β-unsaturated/α-hetero) is 1. The van der Waals surface area contributed by atoms with E-state index in [0.29, 0.717) is 5.56 Å². The topological polar surface area (TPSA) is 26.3 Å². The molecule has 0 spiro atoms. The van der Waals surface area contributed by atoms with E-state index in [9.17, 15) is 18.0 Å². The van der Waals surface area contributed by atoms with Crippen LogP contribution in [0.5, 0.6) is 5.75 Å². The van der Waals surface area contributed by atoms with Crippen LogP contribution in [0, 0.1) is 6.92 Å². The molecule has 0 aliphatic carbocycles. The van der Waals surface area contributed by atoms with Gasteiger partial charge in [0.05, 0.1) is 5.33 Å². The number of hydrogen-bond acceptors (Lipinski definition) is 2. The highest BCUT2D eigenvalue weighted by Gasteiger charge is 2.31. The molecule has 0 atom stereocenters. The summed E-state index contributed by atoms with van der Waals surface area (Å²) in [5.41, 5.74) is 0.619. The Morgan fingerprint density at radius 1 is 1.44 bits per heavy atom. The zero-order chi connectivity index (χ0) is 12.3.